The maximum absolute atomic E-state index is 5.69. The Hall–Kier alpha value is -0.520. The average Bonchev–Trinajstić information content (AvgIpc) is 1.88. The number of likely N-dealkylation sites (N-methyl/N-ethyl adjacent to an activating group) is 1. The minimum absolute atomic E-state index is 0.262. The molecule has 10 heavy (non-hydrogen) atoms. The quantitative estimate of drug-likeness (QED) is 0.569. The molecule has 1 unspecified atom stereocenters. The Morgan fingerprint density at radius 2 is 2.30 bits per heavy atom. The summed E-state index contributed by atoms with van der Waals surface area (Å²) >= 11 is 0. The Labute approximate surface area is 63.4 Å². The van der Waals surface area contributed by atoms with Gasteiger partial charge in [-0.3, -0.25) is 4.90 Å². The van der Waals surface area contributed by atoms with Crippen molar-refractivity contribution in [2.75, 3.05) is 20.1 Å². The molecule has 0 aromatic rings. The first-order valence-corrected chi connectivity index (χ1v) is 3.58. The van der Waals surface area contributed by atoms with Crippen LogP contribution in [-0.4, -0.2) is 31.1 Å². The topological polar surface area (TPSA) is 29.3 Å². The van der Waals surface area contributed by atoms with E-state index >= 15 is 0 Å². The molecule has 2 nitrogen and oxygen atoms in total. The average molecular weight is 140 g/mol. The highest BCUT2D eigenvalue weighted by atomic mass is 15.1. The van der Waals surface area contributed by atoms with Gasteiger partial charge in [-0.05, 0) is 13.5 Å². The molecule has 58 valence electrons. The molecule has 0 saturated heterocycles. The standard InChI is InChI=1S/C8H16N2/c1-4-6-10(3)7-8(9)5-2/h1,8H,5-7,9H2,2-3H3. The molecule has 2 N–H and O–H groups in total. The Bertz CT molecular complexity index is 115. The van der Waals surface area contributed by atoms with Gasteiger partial charge in [0.25, 0.3) is 0 Å². The third kappa shape index (κ3) is 4.37. The van der Waals surface area contributed by atoms with Crippen molar-refractivity contribution in [2.45, 2.75) is 19.4 Å². The fourth-order valence-electron chi connectivity index (χ4n) is 0.750. The molecule has 1 atom stereocenters. The number of hydrogen-bond donors (Lipinski definition) is 1. The van der Waals surface area contributed by atoms with Crippen LogP contribution in [0.1, 0.15) is 13.3 Å². The molecule has 0 bridgehead atoms. The van der Waals surface area contributed by atoms with E-state index in [0.29, 0.717) is 6.54 Å². The lowest BCUT2D eigenvalue weighted by Crippen LogP contribution is -2.34. The molecule has 0 aliphatic heterocycles. The van der Waals surface area contributed by atoms with E-state index < -0.39 is 0 Å². The molecule has 0 fully saturated rings. The van der Waals surface area contributed by atoms with Gasteiger partial charge < -0.3 is 5.73 Å². The monoisotopic (exact) mass is 140 g/mol. The second kappa shape index (κ2) is 5.28. The van der Waals surface area contributed by atoms with Gasteiger partial charge in [-0.25, -0.2) is 0 Å². The van der Waals surface area contributed by atoms with Crippen LogP contribution in [0.25, 0.3) is 0 Å². The van der Waals surface area contributed by atoms with Crippen LogP contribution in [0.4, 0.5) is 0 Å². The summed E-state index contributed by atoms with van der Waals surface area (Å²) in [7, 11) is 1.98. The molecule has 0 heterocycles. The number of rotatable bonds is 4. The van der Waals surface area contributed by atoms with Crippen LogP contribution in [0.15, 0.2) is 0 Å². The highest BCUT2D eigenvalue weighted by molar-refractivity contribution is 4.87. The van der Waals surface area contributed by atoms with Crippen LogP contribution in [0.3, 0.4) is 0 Å². The van der Waals surface area contributed by atoms with Gasteiger partial charge in [0.1, 0.15) is 0 Å². The van der Waals surface area contributed by atoms with Gasteiger partial charge in [0.15, 0.2) is 0 Å². The molecule has 0 saturated carbocycles. The molecule has 2 heteroatoms. The molecule has 0 aromatic carbocycles. The van der Waals surface area contributed by atoms with E-state index in [1.165, 1.54) is 0 Å². The van der Waals surface area contributed by atoms with Crippen LogP contribution >= 0.6 is 0 Å². The first-order valence-electron chi connectivity index (χ1n) is 3.58. The first-order chi connectivity index (χ1) is 4.70. The fourth-order valence-corrected chi connectivity index (χ4v) is 0.750. The van der Waals surface area contributed by atoms with E-state index in [1.54, 1.807) is 0 Å². The Balaban J connectivity index is 3.38. The van der Waals surface area contributed by atoms with Gasteiger partial charge in [-0.15, -0.1) is 6.42 Å². The summed E-state index contributed by atoms with van der Waals surface area (Å²) in [6.45, 7) is 3.66. The highest BCUT2D eigenvalue weighted by Gasteiger charge is 2.01. The van der Waals surface area contributed by atoms with Gasteiger partial charge in [0.05, 0.1) is 6.54 Å². The van der Waals surface area contributed by atoms with Crippen LogP contribution in [0, 0.1) is 12.3 Å². The van der Waals surface area contributed by atoms with Crippen molar-refractivity contribution >= 4 is 0 Å². The van der Waals surface area contributed by atoms with E-state index in [9.17, 15) is 0 Å². The van der Waals surface area contributed by atoms with E-state index in [-0.39, 0.29) is 6.04 Å². The van der Waals surface area contributed by atoms with Crippen LogP contribution in [-0.2, 0) is 0 Å². The van der Waals surface area contributed by atoms with Gasteiger partial charge in [-0.2, -0.15) is 0 Å². The zero-order chi connectivity index (χ0) is 7.98. The van der Waals surface area contributed by atoms with Gasteiger partial charge in [0.2, 0.25) is 0 Å². The summed E-state index contributed by atoms with van der Waals surface area (Å²) in [6.07, 6.45) is 6.12. The van der Waals surface area contributed by atoms with Crippen molar-refractivity contribution < 1.29 is 0 Å². The number of hydrogen-bond acceptors (Lipinski definition) is 2. The third-order valence-electron chi connectivity index (χ3n) is 1.43. The molecule has 0 spiro atoms. The van der Waals surface area contributed by atoms with Crippen molar-refractivity contribution in [1.82, 2.24) is 4.90 Å². The summed E-state index contributed by atoms with van der Waals surface area (Å²) in [5.41, 5.74) is 5.69. The smallest absolute Gasteiger partial charge is 0.0596 e. The summed E-state index contributed by atoms with van der Waals surface area (Å²) in [5, 5.41) is 0. The molecular weight excluding hydrogens is 124 g/mol. The lowest BCUT2D eigenvalue weighted by molar-refractivity contribution is 0.342. The molecular formula is C8H16N2. The molecule has 0 rings (SSSR count). The summed E-state index contributed by atoms with van der Waals surface area (Å²) in [5.74, 6) is 2.57. The van der Waals surface area contributed by atoms with Gasteiger partial charge in [0, 0.05) is 12.6 Å². The minimum atomic E-state index is 0.262. The maximum Gasteiger partial charge on any atom is 0.0596 e. The Kier molecular flexibility index (Phi) is 5.00. The zero-order valence-electron chi connectivity index (χ0n) is 6.80. The molecule has 0 aromatic heterocycles. The van der Waals surface area contributed by atoms with Crippen molar-refractivity contribution in [1.29, 1.82) is 0 Å². The van der Waals surface area contributed by atoms with Crippen molar-refractivity contribution in [3.8, 4) is 12.3 Å². The number of terminal acetylenes is 1. The summed E-state index contributed by atoms with van der Waals surface area (Å²) in [4.78, 5) is 2.05. The fraction of sp³-hybridized carbons (Fsp3) is 0.750. The predicted octanol–water partition coefficient (Wildman–Crippen LogP) is 0.289. The lowest BCUT2D eigenvalue weighted by Gasteiger charge is -2.17. The predicted molar refractivity (Wildman–Crippen MR) is 44.6 cm³/mol. The lowest BCUT2D eigenvalue weighted by atomic mass is 10.2. The van der Waals surface area contributed by atoms with Crippen LogP contribution in [0.5, 0.6) is 0 Å². The van der Waals surface area contributed by atoms with Crippen molar-refractivity contribution in [2.24, 2.45) is 5.73 Å². The minimum Gasteiger partial charge on any atom is -0.327 e. The van der Waals surface area contributed by atoms with Crippen molar-refractivity contribution in [3.63, 3.8) is 0 Å². The SMILES string of the molecule is C#CCN(C)CC(N)CC. The maximum atomic E-state index is 5.69. The normalized spacial score (nSPS) is 13.1. The van der Waals surface area contributed by atoms with Crippen molar-refractivity contribution in [3.05, 3.63) is 0 Å². The Morgan fingerprint density at radius 1 is 1.70 bits per heavy atom. The van der Waals surface area contributed by atoms with Gasteiger partial charge in [-0.1, -0.05) is 12.8 Å². The Morgan fingerprint density at radius 3 is 2.70 bits per heavy atom. The summed E-state index contributed by atoms with van der Waals surface area (Å²) in [6, 6.07) is 0.262. The summed E-state index contributed by atoms with van der Waals surface area (Å²) < 4.78 is 0. The van der Waals surface area contributed by atoms with E-state index in [1.807, 2.05) is 11.9 Å². The molecule has 0 aliphatic rings. The first kappa shape index (κ1) is 9.48. The van der Waals surface area contributed by atoms with Crippen LogP contribution in [0.2, 0.25) is 0 Å². The zero-order valence-corrected chi connectivity index (χ0v) is 6.80. The van der Waals surface area contributed by atoms with Crippen LogP contribution < -0.4 is 5.73 Å². The second-order valence-electron chi connectivity index (χ2n) is 2.57. The second-order valence-corrected chi connectivity index (χ2v) is 2.57. The van der Waals surface area contributed by atoms with Gasteiger partial charge >= 0.3 is 0 Å². The third-order valence-corrected chi connectivity index (χ3v) is 1.43. The van der Waals surface area contributed by atoms with E-state index in [4.69, 9.17) is 12.2 Å². The highest BCUT2D eigenvalue weighted by Crippen LogP contribution is 1.89. The van der Waals surface area contributed by atoms with E-state index in [0.717, 1.165) is 13.0 Å². The van der Waals surface area contributed by atoms with E-state index in [2.05, 4.69) is 12.8 Å². The molecule has 0 amide bonds. The largest absolute Gasteiger partial charge is 0.327 e. The number of nitrogens with two attached hydrogens (primary N) is 1. The molecule has 0 aliphatic carbocycles. The number of nitrogens with zero attached hydrogens (tertiary/aromatic N) is 1. The molecule has 0 radical (unpaired) electrons.